The number of rotatable bonds is 5. The van der Waals surface area contributed by atoms with E-state index >= 15 is 0 Å². The largest absolute Gasteiger partial charge is 0.456 e. The monoisotopic (exact) mass is 577 g/mol. The third kappa shape index (κ3) is 4.37. The van der Waals surface area contributed by atoms with Crippen LogP contribution in [0.2, 0.25) is 0 Å². The van der Waals surface area contributed by atoms with E-state index in [2.05, 4.69) is 138 Å². The van der Waals surface area contributed by atoms with Gasteiger partial charge in [-0.25, -0.2) is 0 Å². The van der Waals surface area contributed by atoms with Gasteiger partial charge in [0.25, 0.3) is 0 Å². The van der Waals surface area contributed by atoms with Gasteiger partial charge in [-0.3, -0.25) is 0 Å². The molecule has 0 aliphatic heterocycles. The molecular formula is C42H27NO2. The maximum atomic E-state index is 6.30. The van der Waals surface area contributed by atoms with Gasteiger partial charge in [0.2, 0.25) is 0 Å². The third-order valence-electron chi connectivity index (χ3n) is 8.69. The van der Waals surface area contributed by atoms with E-state index in [-0.39, 0.29) is 0 Å². The van der Waals surface area contributed by atoms with Crippen molar-refractivity contribution in [3.63, 3.8) is 0 Å². The average molecular weight is 578 g/mol. The molecule has 0 atom stereocenters. The zero-order valence-corrected chi connectivity index (χ0v) is 24.4. The molecule has 9 rings (SSSR count). The molecule has 0 saturated carbocycles. The number of hydrogen-bond donors (Lipinski definition) is 0. The summed E-state index contributed by atoms with van der Waals surface area (Å²) in [6.45, 7) is 0. The van der Waals surface area contributed by atoms with E-state index < -0.39 is 0 Å². The second-order valence-corrected chi connectivity index (χ2v) is 11.4. The number of nitrogens with zero attached hydrogens (tertiary/aromatic N) is 1. The first-order valence-electron chi connectivity index (χ1n) is 15.2. The van der Waals surface area contributed by atoms with Crippen LogP contribution in [-0.2, 0) is 0 Å². The lowest BCUT2D eigenvalue weighted by atomic mass is 10.00. The van der Waals surface area contributed by atoms with Crippen LogP contribution in [0.15, 0.2) is 173 Å². The number of furan rings is 2. The van der Waals surface area contributed by atoms with E-state index in [1.54, 1.807) is 0 Å². The first kappa shape index (κ1) is 25.4. The second-order valence-electron chi connectivity index (χ2n) is 11.4. The maximum Gasteiger partial charge on any atom is 0.137 e. The Morgan fingerprint density at radius 1 is 0.289 bits per heavy atom. The molecule has 0 radical (unpaired) electrons. The fourth-order valence-corrected chi connectivity index (χ4v) is 6.44. The molecule has 7 aromatic carbocycles. The molecule has 0 aliphatic carbocycles. The van der Waals surface area contributed by atoms with E-state index in [1.807, 2.05) is 30.3 Å². The predicted molar refractivity (Wildman–Crippen MR) is 187 cm³/mol. The van der Waals surface area contributed by atoms with Crippen LogP contribution >= 0.6 is 0 Å². The van der Waals surface area contributed by atoms with Gasteiger partial charge in [0.15, 0.2) is 0 Å². The van der Waals surface area contributed by atoms with E-state index in [1.165, 1.54) is 22.3 Å². The lowest BCUT2D eigenvalue weighted by Gasteiger charge is -2.25. The standard InChI is InChI=1S/C42H27NO2/c1-2-8-28(9-3-1)29-14-16-30(17-15-29)31-18-20-32(21-19-31)43(33-22-24-37-35-10-4-6-12-39(35)44-41(37)26-33)34-23-25-38-36-11-5-7-13-40(36)45-42(38)27-34/h1-27H. The molecule has 2 heterocycles. The van der Waals surface area contributed by atoms with Crippen molar-refractivity contribution < 1.29 is 8.83 Å². The van der Waals surface area contributed by atoms with Crippen molar-refractivity contribution in [3.05, 3.63) is 164 Å². The van der Waals surface area contributed by atoms with Gasteiger partial charge < -0.3 is 13.7 Å². The molecule has 212 valence electrons. The normalized spacial score (nSPS) is 11.6. The summed E-state index contributed by atoms with van der Waals surface area (Å²) in [6.07, 6.45) is 0. The smallest absolute Gasteiger partial charge is 0.137 e. The highest BCUT2D eigenvalue weighted by molar-refractivity contribution is 6.07. The summed E-state index contributed by atoms with van der Waals surface area (Å²) in [5.74, 6) is 0. The number of para-hydroxylation sites is 2. The highest BCUT2D eigenvalue weighted by atomic mass is 16.3. The van der Waals surface area contributed by atoms with Gasteiger partial charge in [-0.05, 0) is 70.8 Å². The van der Waals surface area contributed by atoms with Crippen molar-refractivity contribution in [3.8, 4) is 22.3 Å². The van der Waals surface area contributed by atoms with Crippen molar-refractivity contribution in [2.45, 2.75) is 0 Å². The lowest BCUT2D eigenvalue weighted by molar-refractivity contribution is 0.669. The summed E-state index contributed by atoms with van der Waals surface area (Å²) in [4.78, 5) is 2.27. The lowest BCUT2D eigenvalue weighted by Crippen LogP contribution is -2.09. The number of benzene rings is 7. The summed E-state index contributed by atoms with van der Waals surface area (Å²) in [7, 11) is 0. The molecule has 0 amide bonds. The van der Waals surface area contributed by atoms with Crippen molar-refractivity contribution in [1.82, 2.24) is 0 Å². The minimum Gasteiger partial charge on any atom is -0.456 e. The van der Waals surface area contributed by atoms with Gasteiger partial charge in [-0.2, -0.15) is 0 Å². The van der Waals surface area contributed by atoms with Crippen molar-refractivity contribution in [2.75, 3.05) is 4.90 Å². The van der Waals surface area contributed by atoms with Crippen molar-refractivity contribution in [1.29, 1.82) is 0 Å². The number of hydrogen-bond acceptors (Lipinski definition) is 3. The van der Waals surface area contributed by atoms with Crippen LogP contribution in [-0.4, -0.2) is 0 Å². The third-order valence-corrected chi connectivity index (χ3v) is 8.69. The van der Waals surface area contributed by atoms with Crippen LogP contribution in [0.1, 0.15) is 0 Å². The summed E-state index contributed by atoms with van der Waals surface area (Å²) in [5.41, 5.74) is 11.3. The Hall–Kier alpha value is -6.06. The Morgan fingerprint density at radius 2 is 0.667 bits per heavy atom. The Balaban J connectivity index is 1.15. The zero-order chi connectivity index (χ0) is 29.7. The van der Waals surface area contributed by atoms with Gasteiger partial charge in [0.05, 0.1) is 0 Å². The minimum absolute atomic E-state index is 0.860. The van der Waals surface area contributed by atoms with Gasteiger partial charge in [-0.15, -0.1) is 0 Å². The molecule has 0 bridgehead atoms. The molecule has 0 N–H and O–H groups in total. The minimum atomic E-state index is 0.860. The maximum absolute atomic E-state index is 6.30. The Labute approximate surface area is 260 Å². The zero-order valence-electron chi connectivity index (χ0n) is 24.4. The fraction of sp³-hybridized carbons (Fsp3) is 0. The van der Waals surface area contributed by atoms with Gasteiger partial charge in [0, 0.05) is 50.7 Å². The summed E-state index contributed by atoms with van der Waals surface area (Å²) < 4.78 is 12.6. The van der Waals surface area contributed by atoms with Crippen LogP contribution < -0.4 is 4.90 Å². The van der Waals surface area contributed by atoms with Crippen LogP contribution in [0, 0.1) is 0 Å². The first-order valence-corrected chi connectivity index (χ1v) is 15.2. The highest BCUT2D eigenvalue weighted by Gasteiger charge is 2.17. The van der Waals surface area contributed by atoms with Gasteiger partial charge in [-0.1, -0.05) is 103 Å². The Kier molecular flexibility index (Phi) is 5.82. The molecule has 45 heavy (non-hydrogen) atoms. The predicted octanol–water partition coefficient (Wildman–Crippen LogP) is 12.3. The van der Waals surface area contributed by atoms with Crippen LogP contribution in [0.4, 0.5) is 17.1 Å². The first-order chi connectivity index (χ1) is 22.3. The van der Waals surface area contributed by atoms with Crippen LogP contribution in [0.25, 0.3) is 66.1 Å². The van der Waals surface area contributed by atoms with Gasteiger partial charge in [0.1, 0.15) is 22.3 Å². The molecule has 0 fully saturated rings. The molecule has 2 aromatic heterocycles. The average Bonchev–Trinajstić information content (AvgIpc) is 3.67. The Bertz CT molecular complexity index is 2350. The van der Waals surface area contributed by atoms with Gasteiger partial charge >= 0.3 is 0 Å². The quantitative estimate of drug-likeness (QED) is 0.204. The van der Waals surface area contributed by atoms with E-state index in [0.29, 0.717) is 0 Å². The molecule has 3 heteroatoms. The van der Waals surface area contributed by atoms with Crippen molar-refractivity contribution >= 4 is 60.9 Å². The highest BCUT2D eigenvalue weighted by Crippen LogP contribution is 2.41. The molecule has 0 aliphatic rings. The fourth-order valence-electron chi connectivity index (χ4n) is 6.44. The topological polar surface area (TPSA) is 29.5 Å². The number of fused-ring (bicyclic) bond motifs is 6. The molecule has 9 aromatic rings. The van der Waals surface area contributed by atoms with Crippen LogP contribution in [0.3, 0.4) is 0 Å². The summed E-state index contributed by atoms with van der Waals surface area (Å²) >= 11 is 0. The number of anilines is 3. The van der Waals surface area contributed by atoms with E-state index in [0.717, 1.165) is 60.9 Å². The van der Waals surface area contributed by atoms with E-state index in [4.69, 9.17) is 8.83 Å². The van der Waals surface area contributed by atoms with Crippen molar-refractivity contribution in [2.24, 2.45) is 0 Å². The molecule has 0 unspecified atom stereocenters. The second kappa shape index (κ2) is 10.3. The Morgan fingerprint density at radius 3 is 1.18 bits per heavy atom. The molecular weight excluding hydrogens is 550 g/mol. The molecule has 0 saturated heterocycles. The van der Waals surface area contributed by atoms with Crippen LogP contribution in [0.5, 0.6) is 0 Å². The molecule has 3 nitrogen and oxygen atoms in total. The van der Waals surface area contributed by atoms with E-state index in [9.17, 15) is 0 Å². The summed E-state index contributed by atoms with van der Waals surface area (Å²) in [6, 6.07) is 57.3. The SMILES string of the molecule is c1ccc(-c2ccc(-c3ccc(N(c4ccc5c(c4)oc4ccccc45)c4ccc5c(c4)oc4ccccc45)cc3)cc2)cc1. The summed E-state index contributed by atoms with van der Waals surface area (Å²) in [5, 5.41) is 4.46. The molecule has 0 spiro atoms.